The van der Waals surface area contributed by atoms with Crippen molar-refractivity contribution in [1.29, 1.82) is 0 Å². The number of carbonyl (C=O) groups is 3. The first-order chi connectivity index (χ1) is 26.3. The molecule has 0 radical (unpaired) electrons. The highest BCUT2D eigenvalue weighted by Gasteiger charge is 2.76. The molecule has 3 saturated heterocycles. The number of nitrogens with zero attached hydrogens (tertiary/aromatic N) is 1. The van der Waals surface area contributed by atoms with Gasteiger partial charge in [-0.2, -0.15) is 5.06 Å². The molecule has 1 aliphatic carbocycles. The van der Waals surface area contributed by atoms with E-state index in [-0.39, 0.29) is 57.7 Å². The van der Waals surface area contributed by atoms with Crippen LogP contribution >= 0.6 is 0 Å². The van der Waals surface area contributed by atoms with Gasteiger partial charge in [-0.25, -0.2) is 0 Å². The maximum absolute atomic E-state index is 14.8. The van der Waals surface area contributed by atoms with E-state index >= 15 is 0 Å². The second-order valence-corrected chi connectivity index (χ2v) is 14.7. The molecule has 2 bridgehead atoms. The third-order valence-corrected chi connectivity index (χ3v) is 11.0. The molecule has 13 nitrogen and oxygen atoms in total. The molecular weight excluding hydrogens is 694 g/mol. The highest BCUT2D eigenvalue weighted by atomic mass is 16.8. The van der Waals surface area contributed by atoms with Crippen molar-refractivity contribution in [3.05, 3.63) is 77.0 Å². The fraction of sp³-hybridized carbons (Fsp3) is 0.585. The summed E-state index contributed by atoms with van der Waals surface area (Å²) in [6.07, 6.45) is 8.05. The lowest BCUT2D eigenvalue weighted by Gasteiger charge is -2.48. The molecule has 2 amide bonds. The lowest BCUT2D eigenvalue weighted by atomic mass is 9.62. The third kappa shape index (κ3) is 8.36. The number of benzene rings is 2. The van der Waals surface area contributed by atoms with Crippen molar-refractivity contribution in [3.8, 4) is 0 Å². The summed E-state index contributed by atoms with van der Waals surface area (Å²) in [5.74, 6) is -2.12. The molecule has 13 heteroatoms. The second kappa shape index (κ2) is 18.2. The highest BCUT2D eigenvalue weighted by molar-refractivity contribution is 5.95. The largest absolute Gasteiger partial charge is 0.499 e. The lowest BCUT2D eigenvalue weighted by Crippen LogP contribution is -2.69. The zero-order valence-electron chi connectivity index (χ0n) is 31.4. The molecule has 54 heavy (non-hydrogen) atoms. The smallest absolute Gasteiger partial charge is 0.327 e. The molecule has 4 N–H and O–H groups in total. The van der Waals surface area contributed by atoms with Crippen LogP contribution in [0.3, 0.4) is 0 Å². The number of aliphatic hydroxyl groups excluding tert-OH is 2. The SMILES string of the molecule is CCCCCC1(CCCCC)O[C@@H]2[C@H](O1)[C@H]1ON(Cc3ccccc3C=COCCO)[C@H]3C(=O)O[C@@H]2C[C@@]13C(=O)NCc1cccc(C(=O)NCCO)c1. The minimum atomic E-state index is -1.36. The van der Waals surface area contributed by atoms with Crippen LogP contribution in [0.15, 0.2) is 54.8 Å². The summed E-state index contributed by atoms with van der Waals surface area (Å²) in [7, 11) is 0. The molecule has 4 fully saturated rings. The number of nitrogens with one attached hydrogen (secondary N) is 2. The van der Waals surface area contributed by atoms with E-state index in [1.165, 1.54) is 6.26 Å². The average molecular weight is 750 g/mol. The van der Waals surface area contributed by atoms with Crippen LogP contribution in [0, 0.1) is 5.41 Å². The molecule has 3 heterocycles. The van der Waals surface area contributed by atoms with Crippen molar-refractivity contribution >= 4 is 23.9 Å². The summed E-state index contributed by atoms with van der Waals surface area (Å²) in [6.45, 7) is 4.58. The first kappa shape index (κ1) is 39.8. The summed E-state index contributed by atoms with van der Waals surface area (Å²) in [4.78, 5) is 48.4. The zero-order valence-corrected chi connectivity index (χ0v) is 31.4. The highest BCUT2D eigenvalue weighted by Crippen LogP contribution is 2.58. The average Bonchev–Trinajstić information content (AvgIpc) is 3.74. The Morgan fingerprint density at radius 3 is 2.46 bits per heavy atom. The molecule has 2 aromatic carbocycles. The van der Waals surface area contributed by atoms with Crippen LogP contribution in [0.4, 0.5) is 0 Å². The van der Waals surface area contributed by atoms with Crippen molar-refractivity contribution in [3.63, 3.8) is 0 Å². The number of aliphatic hydroxyl groups is 2. The van der Waals surface area contributed by atoms with Gasteiger partial charge in [-0.15, -0.1) is 0 Å². The normalized spacial score (nSPS) is 26.7. The molecule has 1 saturated carbocycles. The van der Waals surface area contributed by atoms with E-state index in [4.69, 9.17) is 34.0 Å². The maximum atomic E-state index is 14.8. The predicted molar refractivity (Wildman–Crippen MR) is 198 cm³/mol. The van der Waals surface area contributed by atoms with Crippen molar-refractivity contribution < 1.29 is 48.4 Å². The quantitative estimate of drug-likeness (QED) is 0.0874. The number of ether oxygens (including phenoxy) is 4. The van der Waals surface area contributed by atoms with Crippen LogP contribution in [-0.4, -0.2) is 95.7 Å². The van der Waals surface area contributed by atoms with E-state index in [1.807, 2.05) is 30.3 Å². The van der Waals surface area contributed by atoms with Crippen molar-refractivity contribution in [2.24, 2.45) is 5.41 Å². The van der Waals surface area contributed by atoms with Crippen molar-refractivity contribution in [1.82, 2.24) is 15.7 Å². The number of amides is 2. The van der Waals surface area contributed by atoms with Crippen molar-refractivity contribution in [2.75, 3.05) is 26.4 Å². The monoisotopic (exact) mass is 749 g/mol. The fourth-order valence-electron chi connectivity index (χ4n) is 8.39. The number of hydroxylamine groups is 2. The van der Waals surface area contributed by atoms with E-state index in [9.17, 15) is 14.4 Å². The number of unbranched alkanes of at least 4 members (excludes halogenated alkanes) is 4. The van der Waals surface area contributed by atoms with E-state index in [2.05, 4.69) is 24.5 Å². The number of carbonyl (C=O) groups excluding carboxylic acids is 3. The molecule has 4 aliphatic rings. The van der Waals surface area contributed by atoms with E-state index in [0.717, 1.165) is 49.7 Å². The number of esters is 1. The molecule has 6 rings (SSSR count). The molecular formula is C41H55N3O10. The molecule has 0 unspecified atom stereocenters. The Balaban J connectivity index is 1.32. The van der Waals surface area contributed by atoms with Crippen molar-refractivity contribution in [2.45, 2.75) is 121 Å². The minimum absolute atomic E-state index is 0.103. The van der Waals surface area contributed by atoms with Gasteiger partial charge >= 0.3 is 5.97 Å². The molecule has 6 atom stereocenters. The van der Waals surface area contributed by atoms with Gasteiger partial charge in [0.2, 0.25) is 5.91 Å². The summed E-state index contributed by atoms with van der Waals surface area (Å²) in [6, 6.07) is 13.5. The maximum Gasteiger partial charge on any atom is 0.327 e. The number of rotatable bonds is 20. The van der Waals surface area contributed by atoms with Gasteiger partial charge in [0.1, 0.15) is 36.4 Å². The van der Waals surface area contributed by atoms with Gasteiger partial charge in [-0.1, -0.05) is 75.9 Å². The zero-order chi connectivity index (χ0) is 38.1. The Bertz CT molecular complexity index is 1630. The number of fused-ring (bicyclic) bond motifs is 4. The molecule has 2 aromatic rings. The van der Waals surface area contributed by atoms with E-state index in [1.54, 1.807) is 29.3 Å². The first-order valence-corrected chi connectivity index (χ1v) is 19.5. The minimum Gasteiger partial charge on any atom is -0.499 e. The summed E-state index contributed by atoms with van der Waals surface area (Å²) in [5, 5.41) is 25.6. The fourth-order valence-corrected chi connectivity index (χ4v) is 8.39. The van der Waals surface area contributed by atoms with Crippen LogP contribution < -0.4 is 10.6 Å². The Morgan fingerprint density at radius 1 is 0.963 bits per heavy atom. The number of hydrogen-bond donors (Lipinski definition) is 4. The first-order valence-electron chi connectivity index (χ1n) is 19.5. The summed E-state index contributed by atoms with van der Waals surface area (Å²) in [5.41, 5.74) is 1.38. The van der Waals surface area contributed by atoms with E-state index in [0.29, 0.717) is 24.0 Å². The third-order valence-electron chi connectivity index (χ3n) is 11.0. The topological polar surface area (TPSA) is 165 Å². The Hall–Kier alpha value is -3.85. The van der Waals surface area contributed by atoms with Crippen LogP contribution in [0.2, 0.25) is 0 Å². The summed E-state index contributed by atoms with van der Waals surface area (Å²) < 4.78 is 25.4. The second-order valence-electron chi connectivity index (χ2n) is 14.7. The van der Waals surface area contributed by atoms with Crippen LogP contribution in [0.25, 0.3) is 6.08 Å². The lowest BCUT2D eigenvalue weighted by molar-refractivity contribution is -0.224. The van der Waals surface area contributed by atoms with Gasteiger partial charge in [-0.05, 0) is 47.7 Å². The van der Waals surface area contributed by atoms with Crippen LogP contribution in [-0.2, 0) is 46.5 Å². The Morgan fingerprint density at radius 2 is 1.72 bits per heavy atom. The molecule has 0 spiro atoms. The molecule has 3 aliphatic heterocycles. The van der Waals surface area contributed by atoms with Crippen LogP contribution in [0.5, 0.6) is 0 Å². The van der Waals surface area contributed by atoms with Crippen LogP contribution in [0.1, 0.15) is 98.7 Å². The van der Waals surface area contributed by atoms with Gasteiger partial charge in [0.25, 0.3) is 5.91 Å². The van der Waals surface area contributed by atoms with Gasteiger partial charge in [0, 0.05) is 37.9 Å². The number of hydrogen-bond acceptors (Lipinski definition) is 11. The van der Waals surface area contributed by atoms with E-state index < -0.39 is 47.6 Å². The molecule has 294 valence electrons. The Labute approximate surface area is 317 Å². The van der Waals surface area contributed by atoms with Gasteiger partial charge < -0.3 is 39.8 Å². The molecule has 0 aromatic heterocycles. The van der Waals surface area contributed by atoms with Gasteiger partial charge in [0.15, 0.2) is 11.8 Å². The standard InChI is InChI=1S/C41H55N3O10/c1-3-5-9-17-40(18-10-6-4-2)52-33-32-25-41(39(49)43-26-28-12-11-15-30(24-28)37(47)42-19-20-45)35(38(48)51-32)44(54-36(41)34(33)53-40)27-31-14-8-7-13-29(31)16-22-50-23-21-46/h7-8,11-16,22,24,32-36,45-46H,3-6,9-10,17-21,23,25-27H2,1-2H3,(H,42,47)(H,43,49)/t32-,33+,34+,35+,36-,41+/m1/s1. The summed E-state index contributed by atoms with van der Waals surface area (Å²) >= 11 is 0. The van der Waals surface area contributed by atoms with Gasteiger partial charge in [0.05, 0.1) is 26.0 Å². The van der Waals surface area contributed by atoms with Gasteiger partial charge in [-0.3, -0.25) is 19.2 Å². The Kier molecular flexibility index (Phi) is 13.4. The predicted octanol–water partition coefficient (Wildman–Crippen LogP) is 4.15.